The maximum absolute atomic E-state index is 4.32. The minimum absolute atomic E-state index is 0.501. The molecule has 1 fully saturated rings. The van der Waals surface area contributed by atoms with Crippen LogP contribution in [0.1, 0.15) is 57.6 Å². The Morgan fingerprint density at radius 3 is 2.56 bits per heavy atom. The fraction of sp³-hybridized carbons (Fsp3) is 0.800. The van der Waals surface area contributed by atoms with Crippen molar-refractivity contribution in [3.63, 3.8) is 0 Å². The monoisotopic (exact) mass is 249 g/mol. The van der Waals surface area contributed by atoms with Gasteiger partial charge in [-0.1, -0.05) is 33.1 Å². The van der Waals surface area contributed by atoms with Crippen LogP contribution in [0.4, 0.5) is 0 Å². The predicted octanol–water partition coefficient (Wildman–Crippen LogP) is 3.29. The van der Waals surface area contributed by atoms with Crippen molar-refractivity contribution >= 4 is 0 Å². The van der Waals surface area contributed by atoms with Gasteiger partial charge in [0, 0.05) is 24.8 Å². The Hall–Kier alpha value is -0.830. The third-order valence-corrected chi connectivity index (χ3v) is 4.45. The minimum atomic E-state index is 0.501. The summed E-state index contributed by atoms with van der Waals surface area (Å²) in [5.41, 5.74) is 1.36. The Labute approximate surface area is 111 Å². The first-order valence-corrected chi connectivity index (χ1v) is 7.46. The van der Waals surface area contributed by atoms with Crippen molar-refractivity contribution in [1.29, 1.82) is 0 Å². The van der Waals surface area contributed by atoms with Crippen LogP contribution in [0.3, 0.4) is 0 Å². The van der Waals surface area contributed by atoms with Gasteiger partial charge in [-0.3, -0.25) is 4.68 Å². The summed E-state index contributed by atoms with van der Waals surface area (Å²) in [5, 5.41) is 7.98. The predicted molar refractivity (Wildman–Crippen MR) is 75.4 cm³/mol. The maximum Gasteiger partial charge on any atom is 0.0537 e. The van der Waals surface area contributed by atoms with Crippen LogP contribution in [-0.2, 0) is 7.05 Å². The lowest BCUT2D eigenvalue weighted by atomic mass is 9.76. The van der Waals surface area contributed by atoms with E-state index in [-0.39, 0.29) is 0 Å². The molecule has 3 nitrogen and oxygen atoms in total. The van der Waals surface area contributed by atoms with Gasteiger partial charge < -0.3 is 5.32 Å². The maximum atomic E-state index is 4.32. The van der Waals surface area contributed by atoms with Crippen LogP contribution >= 0.6 is 0 Å². The molecule has 102 valence electrons. The number of hydrogen-bond donors (Lipinski definition) is 1. The highest BCUT2D eigenvalue weighted by Gasteiger charge is 2.28. The summed E-state index contributed by atoms with van der Waals surface area (Å²) in [6.07, 6.45) is 11.1. The molecule has 1 aliphatic rings. The van der Waals surface area contributed by atoms with E-state index in [0.29, 0.717) is 6.04 Å². The number of nitrogens with one attached hydrogen (secondary N) is 1. The fourth-order valence-electron chi connectivity index (χ4n) is 3.31. The van der Waals surface area contributed by atoms with Gasteiger partial charge in [-0.2, -0.15) is 5.10 Å². The van der Waals surface area contributed by atoms with E-state index in [1.807, 2.05) is 17.9 Å². The van der Waals surface area contributed by atoms with Crippen LogP contribution in [0.25, 0.3) is 0 Å². The third-order valence-electron chi connectivity index (χ3n) is 4.45. The molecule has 0 radical (unpaired) electrons. The molecule has 1 aromatic heterocycles. The van der Waals surface area contributed by atoms with Crippen molar-refractivity contribution in [1.82, 2.24) is 15.1 Å². The molecule has 0 spiro atoms. The molecular weight excluding hydrogens is 222 g/mol. The summed E-state index contributed by atoms with van der Waals surface area (Å²) in [7, 11) is 2.00. The smallest absolute Gasteiger partial charge is 0.0537 e. The highest BCUT2D eigenvalue weighted by molar-refractivity contribution is 5.12. The van der Waals surface area contributed by atoms with Gasteiger partial charge in [0.2, 0.25) is 0 Å². The van der Waals surface area contributed by atoms with Gasteiger partial charge in [0.15, 0.2) is 0 Å². The van der Waals surface area contributed by atoms with Gasteiger partial charge in [-0.15, -0.1) is 0 Å². The molecule has 2 rings (SSSR count). The second-order valence-corrected chi connectivity index (χ2v) is 5.67. The van der Waals surface area contributed by atoms with E-state index in [4.69, 9.17) is 0 Å². The summed E-state index contributed by atoms with van der Waals surface area (Å²) in [6.45, 7) is 5.56. The first-order chi connectivity index (χ1) is 8.74. The number of nitrogens with zero attached hydrogens (tertiary/aromatic N) is 2. The zero-order valence-corrected chi connectivity index (χ0v) is 12.0. The minimum Gasteiger partial charge on any atom is -0.310 e. The van der Waals surface area contributed by atoms with Crippen molar-refractivity contribution < 1.29 is 0 Å². The van der Waals surface area contributed by atoms with Crippen molar-refractivity contribution in [3.8, 4) is 0 Å². The Morgan fingerprint density at radius 2 is 2.06 bits per heavy atom. The molecule has 18 heavy (non-hydrogen) atoms. The second kappa shape index (κ2) is 6.37. The molecule has 1 heterocycles. The van der Waals surface area contributed by atoms with Gasteiger partial charge >= 0.3 is 0 Å². The molecule has 1 atom stereocenters. The Bertz CT molecular complexity index is 350. The number of aromatic nitrogens is 2. The van der Waals surface area contributed by atoms with Crippen LogP contribution in [-0.4, -0.2) is 16.3 Å². The fourth-order valence-corrected chi connectivity index (χ4v) is 3.31. The topological polar surface area (TPSA) is 29.9 Å². The number of hydrogen-bond acceptors (Lipinski definition) is 2. The Kier molecular flexibility index (Phi) is 4.81. The molecule has 1 aromatic rings. The van der Waals surface area contributed by atoms with Crippen molar-refractivity contribution in [2.24, 2.45) is 18.9 Å². The van der Waals surface area contributed by atoms with Gasteiger partial charge in [-0.25, -0.2) is 0 Å². The molecule has 0 saturated heterocycles. The second-order valence-electron chi connectivity index (χ2n) is 5.67. The van der Waals surface area contributed by atoms with E-state index < -0.39 is 0 Å². The van der Waals surface area contributed by atoms with Crippen molar-refractivity contribution in [3.05, 3.63) is 18.0 Å². The molecule has 0 amide bonds. The largest absolute Gasteiger partial charge is 0.310 e. The zero-order chi connectivity index (χ0) is 13.0. The Morgan fingerprint density at radius 1 is 1.33 bits per heavy atom. The van der Waals surface area contributed by atoms with Gasteiger partial charge in [0.25, 0.3) is 0 Å². The SMILES string of the molecule is CCNC(c1cnn(C)c1)C1CCC(CC)CC1. The van der Waals surface area contributed by atoms with Crippen LogP contribution in [0.15, 0.2) is 12.4 Å². The summed E-state index contributed by atoms with van der Waals surface area (Å²) < 4.78 is 1.91. The number of aryl methyl sites for hydroxylation is 1. The van der Waals surface area contributed by atoms with Crippen LogP contribution in [0.5, 0.6) is 0 Å². The third kappa shape index (κ3) is 3.14. The first-order valence-electron chi connectivity index (χ1n) is 7.46. The molecule has 1 aliphatic carbocycles. The van der Waals surface area contributed by atoms with E-state index >= 15 is 0 Å². The van der Waals surface area contributed by atoms with E-state index in [0.717, 1.165) is 18.4 Å². The molecule has 1 N–H and O–H groups in total. The van der Waals surface area contributed by atoms with E-state index in [9.17, 15) is 0 Å². The lowest BCUT2D eigenvalue weighted by Crippen LogP contribution is -2.30. The summed E-state index contributed by atoms with van der Waals surface area (Å²) in [6, 6.07) is 0.501. The Balaban J connectivity index is 2.02. The van der Waals surface area contributed by atoms with Crippen LogP contribution < -0.4 is 5.32 Å². The molecule has 0 bridgehead atoms. The van der Waals surface area contributed by atoms with Crippen LogP contribution in [0.2, 0.25) is 0 Å². The molecular formula is C15H27N3. The van der Waals surface area contributed by atoms with Gasteiger partial charge in [0.05, 0.1) is 6.20 Å². The summed E-state index contributed by atoms with van der Waals surface area (Å²) in [5.74, 6) is 1.76. The standard InChI is InChI=1S/C15H27N3/c1-4-12-6-8-13(9-7-12)15(16-5-2)14-10-17-18(3)11-14/h10-13,15-16H,4-9H2,1-3H3. The van der Waals surface area contributed by atoms with E-state index in [2.05, 4.69) is 30.5 Å². The molecule has 1 unspecified atom stereocenters. The van der Waals surface area contributed by atoms with E-state index in [1.54, 1.807) is 0 Å². The lowest BCUT2D eigenvalue weighted by molar-refractivity contribution is 0.220. The average molecular weight is 249 g/mol. The van der Waals surface area contributed by atoms with Crippen LogP contribution in [0, 0.1) is 11.8 Å². The van der Waals surface area contributed by atoms with Gasteiger partial charge in [-0.05, 0) is 31.2 Å². The number of rotatable bonds is 5. The molecule has 0 aromatic carbocycles. The molecule has 3 heteroatoms. The normalized spacial score (nSPS) is 26.2. The van der Waals surface area contributed by atoms with Crippen molar-refractivity contribution in [2.75, 3.05) is 6.54 Å². The lowest BCUT2D eigenvalue weighted by Gasteiger charge is -2.33. The van der Waals surface area contributed by atoms with E-state index in [1.165, 1.54) is 37.7 Å². The first kappa shape index (κ1) is 13.6. The van der Waals surface area contributed by atoms with Gasteiger partial charge in [0.1, 0.15) is 0 Å². The zero-order valence-electron chi connectivity index (χ0n) is 12.0. The summed E-state index contributed by atoms with van der Waals surface area (Å²) >= 11 is 0. The average Bonchev–Trinajstić information content (AvgIpc) is 2.82. The molecule has 1 saturated carbocycles. The highest BCUT2D eigenvalue weighted by atomic mass is 15.2. The highest BCUT2D eigenvalue weighted by Crippen LogP contribution is 2.37. The molecule has 0 aliphatic heterocycles. The summed E-state index contributed by atoms with van der Waals surface area (Å²) in [4.78, 5) is 0. The van der Waals surface area contributed by atoms with Crippen molar-refractivity contribution in [2.45, 2.75) is 52.0 Å². The quantitative estimate of drug-likeness (QED) is 0.868.